The van der Waals surface area contributed by atoms with E-state index in [1.807, 2.05) is 20.2 Å². The van der Waals surface area contributed by atoms with Crippen molar-refractivity contribution < 1.29 is 0 Å². The van der Waals surface area contributed by atoms with E-state index < -0.39 is 0 Å². The lowest BCUT2D eigenvalue weighted by molar-refractivity contribution is 0.636. The fraction of sp³-hybridized carbons (Fsp3) is 0.538. The van der Waals surface area contributed by atoms with Crippen LogP contribution < -0.4 is 5.32 Å². The molecule has 0 unspecified atom stereocenters. The minimum atomic E-state index is 0.602. The number of fused-ring (bicyclic) bond motifs is 1. The zero-order chi connectivity index (χ0) is 12.4. The first-order chi connectivity index (χ1) is 8.11. The van der Waals surface area contributed by atoms with E-state index in [9.17, 15) is 0 Å². The molecule has 2 N–H and O–H groups in total. The van der Waals surface area contributed by atoms with Crippen molar-refractivity contribution in [1.29, 1.82) is 0 Å². The van der Waals surface area contributed by atoms with Crippen molar-refractivity contribution in [2.75, 3.05) is 7.05 Å². The van der Waals surface area contributed by atoms with E-state index >= 15 is 0 Å². The first-order valence-electron chi connectivity index (χ1n) is 6.10. The number of nitrogens with one attached hydrogen (secondary N) is 2. The molecule has 0 radical (unpaired) electrons. The summed E-state index contributed by atoms with van der Waals surface area (Å²) in [6.45, 7) is 7.22. The first-order valence-corrected chi connectivity index (χ1v) is 6.10. The zero-order valence-corrected chi connectivity index (χ0v) is 11.0. The summed E-state index contributed by atoms with van der Waals surface area (Å²) in [5, 5.41) is 4.38. The molecule has 2 heterocycles. The van der Waals surface area contributed by atoms with Gasteiger partial charge in [0.1, 0.15) is 11.5 Å². The van der Waals surface area contributed by atoms with Crippen LogP contribution in [0.2, 0.25) is 0 Å². The molecule has 17 heavy (non-hydrogen) atoms. The molecule has 2 rings (SSSR count). The lowest BCUT2D eigenvalue weighted by Gasteiger charge is -2.08. The topological polar surface area (TPSA) is 53.6 Å². The second-order valence-corrected chi connectivity index (χ2v) is 4.88. The van der Waals surface area contributed by atoms with Crippen LogP contribution in [0.4, 0.5) is 0 Å². The van der Waals surface area contributed by atoms with Crippen molar-refractivity contribution in [3.63, 3.8) is 0 Å². The summed E-state index contributed by atoms with van der Waals surface area (Å²) in [5.74, 6) is 1.44. The molecule has 4 nitrogen and oxygen atoms in total. The molecule has 0 saturated heterocycles. The molecule has 0 saturated carbocycles. The molecule has 0 aromatic carbocycles. The maximum atomic E-state index is 4.60. The van der Waals surface area contributed by atoms with Gasteiger partial charge in [0.25, 0.3) is 0 Å². The minimum absolute atomic E-state index is 0.602. The molecule has 4 heteroatoms. The van der Waals surface area contributed by atoms with Crippen LogP contribution in [-0.2, 0) is 13.0 Å². The van der Waals surface area contributed by atoms with E-state index in [0.717, 1.165) is 30.1 Å². The predicted octanol–water partition coefficient (Wildman–Crippen LogP) is 2.18. The molecule has 92 valence electrons. The number of aromatic nitrogens is 3. The molecule has 0 aliphatic heterocycles. The van der Waals surface area contributed by atoms with Gasteiger partial charge in [-0.15, -0.1) is 0 Å². The summed E-state index contributed by atoms with van der Waals surface area (Å²) in [7, 11) is 1.95. The van der Waals surface area contributed by atoms with Gasteiger partial charge in [-0.3, -0.25) is 0 Å². The Bertz CT molecular complexity index is 513. The highest BCUT2D eigenvalue weighted by Gasteiger charge is 2.12. The molecule has 2 aromatic heterocycles. The Morgan fingerprint density at radius 2 is 2.12 bits per heavy atom. The summed E-state index contributed by atoms with van der Waals surface area (Å²) in [5.41, 5.74) is 3.37. The molecule has 0 fully saturated rings. The quantitative estimate of drug-likeness (QED) is 0.849. The predicted molar refractivity (Wildman–Crippen MR) is 69.9 cm³/mol. The Balaban J connectivity index is 2.56. The average Bonchev–Trinajstić information content (AvgIpc) is 2.61. The molecular weight excluding hydrogens is 212 g/mol. The van der Waals surface area contributed by atoms with Crippen molar-refractivity contribution in [3.8, 4) is 0 Å². The number of hydrogen-bond acceptors (Lipinski definition) is 3. The highest BCUT2D eigenvalue weighted by Crippen LogP contribution is 2.22. The Kier molecular flexibility index (Phi) is 3.43. The van der Waals surface area contributed by atoms with Crippen LogP contribution in [0.15, 0.2) is 6.20 Å². The maximum Gasteiger partial charge on any atom is 0.141 e. The molecule has 2 aromatic rings. The van der Waals surface area contributed by atoms with Gasteiger partial charge in [-0.2, -0.15) is 0 Å². The van der Waals surface area contributed by atoms with Gasteiger partial charge >= 0.3 is 0 Å². The number of H-pyrrole nitrogens is 1. The van der Waals surface area contributed by atoms with Crippen LogP contribution in [-0.4, -0.2) is 22.0 Å². The molecule has 0 aliphatic carbocycles. The standard InChI is InChI=1S/C13H20N4/c1-8(2)5-11-12-10(6-14-4)7-15-13(12)17-9(3)16-11/h7-8,14H,5-6H2,1-4H3,(H,15,16,17). The van der Waals surface area contributed by atoms with Gasteiger partial charge < -0.3 is 10.3 Å². The SMILES string of the molecule is CNCc1c[nH]c2nc(C)nc(CC(C)C)c12. The van der Waals surface area contributed by atoms with Gasteiger partial charge in [-0.25, -0.2) is 9.97 Å². The van der Waals surface area contributed by atoms with Crippen LogP contribution in [0.25, 0.3) is 11.0 Å². The number of hydrogen-bond donors (Lipinski definition) is 2. The average molecular weight is 232 g/mol. The van der Waals surface area contributed by atoms with Gasteiger partial charge in [0.2, 0.25) is 0 Å². The minimum Gasteiger partial charge on any atom is -0.346 e. The molecular formula is C13H20N4. The summed E-state index contributed by atoms with van der Waals surface area (Å²) in [6.07, 6.45) is 3.02. The second kappa shape index (κ2) is 4.84. The summed E-state index contributed by atoms with van der Waals surface area (Å²) in [6, 6.07) is 0. The Labute approximate surface area is 102 Å². The van der Waals surface area contributed by atoms with Gasteiger partial charge in [-0.05, 0) is 31.9 Å². The van der Waals surface area contributed by atoms with Crippen molar-refractivity contribution in [3.05, 3.63) is 23.3 Å². The number of nitrogens with zero attached hydrogens (tertiary/aromatic N) is 2. The van der Waals surface area contributed by atoms with E-state index in [-0.39, 0.29) is 0 Å². The monoisotopic (exact) mass is 232 g/mol. The molecule has 0 amide bonds. The van der Waals surface area contributed by atoms with Gasteiger partial charge in [0.05, 0.1) is 5.69 Å². The number of aromatic amines is 1. The smallest absolute Gasteiger partial charge is 0.141 e. The van der Waals surface area contributed by atoms with Crippen LogP contribution >= 0.6 is 0 Å². The van der Waals surface area contributed by atoms with Crippen LogP contribution in [0, 0.1) is 12.8 Å². The second-order valence-electron chi connectivity index (χ2n) is 4.88. The van der Waals surface area contributed by atoms with Crippen LogP contribution in [0.1, 0.15) is 30.9 Å². The molecule has 0 spiro atoms. The van der Waals surface area contributed by atoms with E-state index in [1.54, 1.807) is 0 Å². The Morgan fingerprint density at radius 3 is 2.76 bits per heavy atom. The molecule has 0 atom stereocenters. The van der Waals surface area contributed by atoms with Crippen LogP contribution in [0.3, 0.4) is 0 Å². The fourth-order valence-electron chi connectivity index (χ4n) is 2.16. The van der Waals surface area contributed by atoms with E-state index in [4.69, 9.17) is 0 Å². The number of aryl methyl sites for hydroxylation is 1. The summed E-state index contributed by atoms with van der Waals surface area (Å²) >= 11 is 0. The maximum absolute atomic E-state index is 4.60. The highest BCUT2D eigenvalue weighted by atomic mass is 15.0. The lowest BCUT2D eigenvalue weighted by atomic mass is 10.0. The van der Waals surface area contributed by atoms with E-state index in [2.05, 4.69) is 34.1 Å². The number of rotatable bonds is 4. The van der Waals surface area contributed by atoms with Crippen molar-refractivity contribution in [2.24, 2.45) is 5.92 Å². The molecule has 0 aliphatic rings. The first kappa shape index (κ1) is 12.0. The van der Waals surface area contributed by atoms with Crippen LogP contribution in [0.5, 0.6) is 0 Å². The fourth-order valence-corrected chi connectivity index (χ4v) is 2.16. The summed E-state index contributed by atoms with van der Waals surface area (Å²) < 4.78 is 0. The highest BCUT2D eigenvalue weighted by molar-refractivity contribution is 5.82. The van der Waals surface area contributed by atoms with Gasteiger partial charge in [-0.1, -0.05) is 13.8 Å². The third-order valence-electron chi connectivity index (χ3n) is 2.77. The zero-order valence-electron chi connectivity index (χ0n) is 11.0. The summed E-state index contributed by atoms with van der Waals surface area (Å²) in [4.78, 5) is 12.3. The Hall–Kier alpha value is -1.42. The third kappa shape index (κ3) is 2.47. The molecule has 0 bridgehead atoms. The van der Waals surface area contributed by atoms with E-state index in [0.29, 0.717) is 5.92 Å². The van der Waals surface area contributed by atoms with Crippen molar-refractivity contribution >= 4 is 11.0 Å². The third-order valence-corrected chi connectivity index (χ3v) is 2.77. The van der Waals surface area contributed by atoms with E-state index in [1.165, 1.54) is 10.9 Å². The normalized spacial score (nSPS) is 11.6. The largest absolute Gasteiger partial charge is 0.346 e. The van der Waals surface area contributed by atoms with Gasteiger partial charge in [0.15, 0.2) is 0 Å². The van der Waals surface area contributed by atoms with Crippen molar-refractivity contribution in [2.45, 2.75) is 33.7 Å². The Morgan fingerprint density at radius 1 is 1.35 bits per heavy atom. The van der Waals surface area contributed by atoms with Gasteiger partial charge in [0, 0.05) is 18.1 Å². The lowest BCUT2D eigenvalue weighted by Crippen LogP contribution is -2.07. The van der Waals surface area contributed by atoms with Crippen molar-refractivity contribution in [1.82, 2.24) is 20.3 Å².